The molecule has 0 bridgehead atoms. The molecule has 5 nitrogen and oxygen atoms in total. The third-order valence-corrected chi connectivity index (χ3v) is 6.38. The summed E-state index contributed by atoms with van der Waals surface area (Å²) in [6.07, 6.45) is 3.95. The molecule has 0 spiro atoms. The summed E-state index contributed by atoms with van der Waals surface area (Å²) in [6.45, 7) is 7.28. The summed E-state index contributed by atoms with van der Waals surface area (Å²) in [4.78, 5) is 29.0. The Labute approximate surface area is 179 Å². The number of nitrogens with zero attached hydrogens (tertiary/aromatic N) is 2. The topological polar surface area (TPSA) is 52.7 Å². The Morgan fingerprint density at radius 1 is 1.03 bits per heavy atom. The minimum Gasteiger partial charge on any atom is -0.372 e. The second kappa shape index (κ2) is 8.90. The Kier molecular flexibility index (Phi) is 6.07. The molecule has 0 radical (unpaired) electrons. The molecule has 2 aromatic rings. The van der Waals surface area contributed by atoms with Gasteiger partial charge in [0.25, 0.3) is 5.91 Å². The summed E-state index contributed by atoms with van der Waals surface area (Å²) >= 11 is 0. The predicted molar refractivity (Wildman–Crippen MR) is 121 cm³/mol. The van der Waals surface area contributed by atoms with E-state index < -0.39 is 0 Å². The van der Waals surface area contributed by atoms with Crippen LogP contribution in [0.3, 0.4) is 0 Å². The van der Waals surface area contributed by atoms with Crippen molar-refractivity contribution < 1.29 is 9.59 Å². The van der Waals surface area contributed by atoms with Gasteiger partial charge in [0.1, 0.15) is 0 Å². The summed E-state index contributed by atoms with van der Waals surface area (Å²) in [7, 11) is 0. The van der Waals surface area contributed by atoms with Crippen molar-refractivity contribution >= 4 is 23.2 Å². The van der Waals surface area contributed by atoms with Crippen molar-refractivity contribution in [1.29, 1.82) is 0 Å². The van der Waals surface area contributed by atoms with Crippen LogP contribution in [0.2, 0.25) is 0 Å². The molecule has 0 saturated carbocycles. The Morgan fingerprint density at radius 3 is 2.43 bits per heavy atom. The van der Waals surface area contributed by atoms with E-state index in [0.717, 1.165) is 43.2 Å². The molecule has 5 heteroatoms. The quantitative estimate of drug-likeness (QED) is 0.795. The van der Waals surface area contributed by atoms with Gasteiger partial charge in [0.15, 0.2) is 0 Å². The lowest BCUT2D eigenvalue weighted by molar-refractivity contribution is -0.117. The third kappa shape index (κ3) is 4.50. The average Bonchev–Trinajstić information content (AvgIpc) is 3.20. The van der Waals surface area contributed by atoms with Gasteiger partial charge in [-0.1, -0.05) is 25.1 Å². The average molecular weight is 406 g/mol. The molecular formula is C25H31N3O2. The first-order chi connectivity index (χ1) is 14.5. The standard InChI is InChI=1S/C25H31N3O2/c1-18-12-15-27(16-13-18)22-10-8-20(9-11-22)19(2)26-25(30)21-5-3-6-23(17-21)28-14-4-7-24(28)29/h3,5-6,8-11,17-19H,4,7,12-16H2,1-2H3,(H,26,30)/t19-/m0/s1. The van der Waals surface area contributed by atoms with Crippen LogP contribution in [0, 0.1) is 5.92 Å². The van der Waals surface area contributed by atoms with Gasteiger partial charge in [0.05, 0.1) is 6.04 Å². The summed E-state index contributed by atoms with van der Waals surface area (Å²) in [5, 5.41) is 3.09. The van der Waals surface area contributed by atoms with Crippen molar-refractivity contribution in [3.63, 3.8) is 0 Å². The first kappa shape index (κ1) is 20.5. The van der Waals surface area contributed by atoms with Crippen molar-refractivity contribution in [1.82, 2.24) is 5.32 Å². The zero-order valence-electron chi connectivity index (χ0n) is 17.9. The highest BCUT2D eigenvalue weighted by molar-refractivity contribution is 5.99. The van der Waals surface area contributed by atoms with Gasteiger partial charge in [-0.25, -0.2) is 0 Å². The predicted octanol–water partition coefficient (Wildman–Crippen LogP) is 4.54. The van der Waals surface area contributed by atoms with E-state index in [9.17, 15) is 9.59 Å². The summed E-state index contributed by atoms with van der Waals surface area (Å²) in [6, 6.07) is 15.8. The lowest BCUT2D eigenvalue weighted by atomic mass is 9.98. The van der Waals surface area contributed by atoms with Crippen LogP contribution in [0.15, 0.2) is 48.5 Å². The van der Waals surface area contributed by atoms with Crippen LogP contribution < -0.4 is 15.1 Å². The summed E-state index contributed by atoms with van der Waals surface area (Å²) in [5.74, 6) is 0.826. The van der Waals surface area contributed by atoms with Gasteiger partial charge >= 0.3 is 0 Å². The third-order valence-electron chi connectivity index (χ3n) is 6.38. The number of anilines is 2. The zero-order chi connectivity index (χ0) is 21.1. The van der Waals surface area contributed by atoms with Crippen LogP contribution in [-0.2, 0) is 4.79 Å². The molecule has 30 heavy (non-hydrogen) atoms. The Morgan fingerprint density at radius 2 is 1.77 bits per heavy atom. The Bertz CT molecular complexity index is 901. The minimum absolute atomic E-state index is 0.0926. The molecule has 1 N–H and O–H groups in total. The minimum atomic E-state index is -0.120. The normalized spacial score (nSPS) is 18.5. The highest BCUT2D eigenvalue weighted by Gasteiger charge is 2.22. The van der Waals surface area contributed by atoms with Crippen LogP contribution in [0.4, 0.5) is 11.4 Å². The molecule has 2 aliphatic rings. The molecule has 2 aliphatic heterocycles. The highest BCUT2D eigenvalue weighted by atomic mass is 16.2. The second-order valence-electron chi connectivity index (χ2n) is 8.66. The number of carbonyl (C=O) groups is 2. The van der Waals surface area contributed by atoms with Gasteiger partial charge in [-0.2, -0.15) is 0 Å². The van der Waals surface area contributed by atoms with Crippen LogP contribution in [-0.4, -0.2) is 31.4 Å². The van der Waals surface area contributed by atoms with Crippen molar-refractivity contribution in [3.05, 3.63) is 59.7 Å². The van der Waals surface area contributed by atoms with Crippen LogP contribution in [0.1, 0.15) is 61.5 Å². The van der Waals surface area contributed by atoms with Gasteiger partial charge in [0, 0.05) is 43.0 Å². The van der Waals surface area contributed by atoms with E-state index in [1.165, 1.54) is 18.5 Å². The van der Waals surface area contributed by atoms with Crippen molar-refractivity contribution in [2.45, 2.75) is 45.6 Å². The number of amides is 2. The van der Waals surface area contributed by atoms with Crippen molar-refractivity contribution in [2.75, 3.05) is 29.4 Å². The SMILES string of the molecule is CC1CCN(c2ccc([C@H](C)NC(=O)c3cccc(N4CCCC4=O)c3)cc2)CC1. The lowest BCUT2D eigenvalue weighted by Crippen LogP contribution is -2.32. The first-order valence-corrected chi connectivity index (χ1v) is 11.1. The monoisotopic (exact) mass is 405 g/mol. The molecule has 2 amide bonds. The smallest absolute Gasteiger partial charge is 0.251 e. The second-order valence-corrected chi connectivity index (χ2v) is 8.66. The fraction of sp³-hybridized carbons (Fsp3) is 0.440. The summed E-state index contributed by atoms with van der Waals surface area (Å²) in [5.41, 5.74) is 3.73. The van der Waals surface area contributed by atoms with E-state index in [0.29, 0.717) is 12.0 Å². The zero-order valence-corrected chi connectivity index (χ0v) is 17.9. The van der Waals surface area contributed by atoms with Crippen LogP contribution in [0.25, 0.3) is 0 Å². The molecule has 158 valence electrons. The van der Waals surface area contributed by atoms with Crippen LogP contribution >= 0.6 is 0 Å². The maximum absolute atomic E-state index is 12.8. The number of carbonyl (C=O) groups excluding carboxylic acids is 2. The largest absolute Gasteiger partial charge is 0.372 e. The van der Waals surface area contributed by atoms with Crippen LogP contribution in [0.5, 0.6) is 0 Å². The molecule has 2 fully saturated rings. The summed E-state index contributed by atoms with van der Waals surface area (Å²) < 4.78 is 0. The fourth-order valence-corrected chi connectivity index (χ4v) is 4.34. The lowest BCUT2D eigenvalue weighted by Gasteiger charge is -2.32. The molecule has 2 heterocycles. The van der Waals surface area contributed by atoms with Gasteiger partial charge in [0.2, 0.25) is 5.91 Å². The molecule has 4 rings (SSSR count). The fourth-order valence-electron chi connectivity index (χ4n) is 4.34. The first-order valence-electron chi connectivity index (χ1n) is 11.1. The van der Waals surface area contributed by atoms with Gasteiger partial charge in [-0.15, -0.1) is 0 Å². The Balaban J connectivity index is 1.39. The van der Waals surface area contributed by atoms with Gasteiger partial charge in [-0.05, 0) is 68.0 Å². The molecular weight excluding hydrogens is 374 g/mol. The van der Waals surface area contributed by atoms with E-state index >= 15 is 0 Å². The molecule has 2 aromatic carbocycles. The number of hydrogen-bond acceptors (Lipinski definition) is 3. The maximum Gasteiger partial charge on any atom is 0.251 e. The number of nitrogens with one attached hydrogen (secondary N) is 1. The molecule has 0 unspecified atom stereocenters. The van der Waals surface area contributed by atoms with Crippen molar-refractivity contribution in [3.8, 4) is 0 Å². The molecule has 0 aromatic heterocycles. The van der Waals surface area contributed by atoms with E-state index in [2.05, 4.69) is 41.4 Å². The highest BCUT2D eigenvalue weighted by Crippen LogP contribution is 2.25. The molecule has 1 atom stereocenters. The van der Waals surface area contributed by atoms with Gasteiger partial charge < -0.3 is 15.1 Å². The van der Waals surface area contributed by atoms with E-state index in [1.807, 2.05) is 25.1 Å². The maximum atomic E-state index is 12.8. The number of hydrogen-bond donors (Lipinski definition) is 1. The van der Waals surface area contributed by atoms with E-state index in [4.69, 9.17) is 0 Å². The van der Waals surface area contributed by atoms with Crippen molar-refractivity contribution in [2.24, 2.45) is 5.92 Å². The van der Waals surface area contributed by atoms with Gasteiger partial charge in [-0.3, -0.25) is 9.59 Å². The number of piperidine rings is 1. The molecule has 2 saturated heterocycles. The van der Waals surface area contributed by atoms with E-state index in [-0.39, 0.29) is 17.9 Å². The Hall–Kier alpha value is -2.82. The van der Waals surface area contributed by atoms with E-state index in [1.54, 1.807) is 11.0 Å². The number of rotatable bonds is 5. The number of benzene rings is 2. The molecule has 0 aliphatic carbocycles.